The first-order chi connectivity index (χ1) is 12.4. The van der Waals surface area contributed by atoms with E-state index < -0.39 is 12.0 Å². The fourth-order valence-corrected chi connectivity index (χ4v) is 6.05. The first kappa shape index (κ1) is 19.2. The Hall–Kier alpha value is -1.59. The highest BCUT2D eigenvalue weighted by Gasteiger charge is 2.54. The van der Waals surface area contributed by atoms with Crippen molar-refractivity contribution in [1.82, 2.24) is 20.4 Å². The van der Waals surface area contributed by atoms with E-state index in [4.69, 9.17) is 0 Å². The van der Waals surface area contributed by atoms with Gasteiger partial charge in [0.15, 0.2) is 4.34 Å². The number of nitrogens with zero attached hydrogens (tertiary/aromatic N) is 3. The van der Waals surface area contributed by atoms with Gasteiger partial charge >= 0.3 is 5.97 Å². The van der Waals surface area contributed by atoms with Crippen LogP contribution in [0.5, 0.6) is 0 Å². The predicted octanol–water partition coefficient (Wildman–Crippen LogP) is 1.48. The molecule has 2 aliphatic heterocycles. The molecular weight excluding hydrogens is 396 g/mol. The minimum absolute atomic E-state index is 0.0356. The summed E-state index contributed by atoms with van der Waals surface area (Å²) >= 11 is 4.35. The van der Waals surface area contributed by atoms with E-state index in [9.17, 15) is 19.5 Å². The van der Waals surface area contributed by atoms with Gasteiger partial charge in [0.2, 0.25) is 5.91 Å². The van der Waals surface area contributed by atoms with Gasteiger partial charge in [-0.05, 0) is 18.9 Å². The van der Waals surface area contributed by atoms with Gasteiger partial charge in [-0.15, -0.1) is 22.0 Å². The van der Waals surface area contributed by atoms with Crippen LogP contribution in [0, 0.1) is 6.92 Å². The van der Waals surface area contributed by atoms with E-state index in [2.05, 4.69) is 15.5 Å². The van der Waals surface area contributed by atoms with E-state index in [0.29, 0.717) is 29.9 Å². The molecular formula is C15H18N4O4S3. The molecule has 26 heavy (non-hydrogen) atoms. The molecule has 0 saturated carbocycles. The Labute approximate surface area is 162 Å². The third kappa shape index (κ3) is 3.74. The Balaban J connectivity index is 1.73. The molecule has 3 rings (SSSR count). The molecule has 2 unspecified atom stereocenters. The molecule has 0 radical (unpaired) electrons. The number of carbonyl (C=O) groups excluding carboxylic acids is 2. The number of nitrogens with one attached hydrogen (secondary N) is 1. The van der Waals surface area contributed by atoms with Crippen molar-refractivity contribution in [1.29, 1.82) is 0 Å². The molecule has 0 bridgehead atoms. The predicted molar refractivity (Wildman–Crippen MR) is 100.0 cm³/mol. The molecule has 2 N–H and O–H groups in total. The number of aryl methyl sites for hydroxylation is 1. The number of β-lactam (4-membered cyclic amide) rings is 1. The van der Waals surface area contributed by atoms with Crippen molar-refractivity contribution >= 4 is 52.6 Å². The number of carboxylic acids is 1. The van der Waals surface area contributed by atoms with Crippen molar-refractivity contribution in [2.75, 3.05) is 11.5 Å². The smallest absolute Gasteiger partial charge is 0.352 e. The number of rotatable bonds is 7. The lowest BCUT2D eigenvalue weighted by atomic mass is 10.0. The summed E-state index contributed by atoms with van der Waals surface area (Å²) in [5.41, 5.74) is 0.719. The lowest BCUT2D eigenvalue weighted by molar-refractivity contribution is -0.150. The molecule has 2 aliphatic rings. The molecule has 1 saturated heterocycles. The van der Waals surface area contributed by atoms with E-state index in [0.717, 1.165) is 9.35 Å². The molecule has 11 heteroatoms. The van der Waals surface area contributed by atoms with Crippen LogP contribution in [0.15, 0.2) is 15.6 Å². The molecule has 2 amide bonds. The Morgan fingerprint density at radius 2 is 2.19 bits per heavy atom. The minimum Gasteiger partial charge on any atom is -0.477 e. The number of thioether (sulfide) groups is 2. The average Bonchev–Trinajstić information content (AvgIpc) is 3.02. The van der Waals surface area contributed by atoms with Crippen molar-refractivity contribution in [3.8, 4) is 0 Å². The first-order valence-electron chi connectivity index (χ1n) is 8.04. The summed E-state index contributed by atoms with van der Waals surface area (Å²) in [6, 6.07) is -0.645. The van der Waals surface area contributed by atoms with E-state index in [1.54, 1.807) is 0 Å². The molecule has 3 heterocycles. The summed E-state index contributed by atoms with van der Waals surface area (Å²) in [7, 11) is 0. The normalized spacial score (nSPS) is 22.1. The summed E-state index contributed by atoms with van der Waals surface area (Å²) in [6.45, 7) is 3.74. The molecule has 8 nitrogen and oxygen atoms in total. The molecule has 1 aromatic heterocycles. The standard InChI is InChI=1S/C15H18N4O4S3/c1-3-4-9(20)16-10-12(21)19-11(14(22)23)8(5-24-13(10)19)6-25-15-18-17-7(2)26-15/h10,13H,3-6H2,1-2H3,(H,16,20)(H,22,23). The van der Waals surface area contributed by atoms with Gasteiger partial charge in [-0.2, -0.15) is 0 Å². The number of aliphatic carboxylic acids is 1. The summed E-state index contributed by atoms with van der Waals surface area (Å²) in [6.07, 6.45) is 1.05. The molecule has 0 spiro atoms. The average molecular weight is 415 g/mol. The summed E-state index contributed by atoms with van der Waals surface area (Å²) in [5, 5.41) is 20.8. The van der Waals surface area contributed by atoms with Gasteiger partial charge in [0.25, 0.3) is 5.91 Å². The molecule has 140 valence electrons. The van der Waals surface area contributed by atoms with Gasteiger partial charge in [-0.25, -0.2) is 4.79 Å². The Morgan fingerprint density at radius 1 is 1.42 bits per heavy atom. The Kier molecular flexibility index (Phi) is 5.88. The number of aromatic nitrogens is 2. The van der Waals surface area contributed by atoms with Gasteiger partial charge in [-0.1, -0.05) is 30.0 Å². The van der Waals surface area contributed by atoms with Gasteiger partial charge in [0.1, 0.15) is 22.1 Å². The van der Waals surface area contributed by atoms with Crippen LogP contribution < -0.4 is 5.32 Å². The van der Waals surface area contributed by atoms with Crippen molar-refractivity contribution in [3.05, 3.63) is 16.3 Å². The van der Waals surface area contributed by atoms with Crippen molar-refractivity contribution in [2.24, 2.45) is 0 Å². The van der Waals surface area contributed by atoms with E-state index in [1.165, 1.54) is 39.8 Å². The van der Waals surface area contributed by atoms with Crippen LogP contribution in [0.2, 0.25) is 0 Å². The van der Waals surface area contributed by atoms with E-state index in [-0.39, 0.29) is 22.9 Å². The zero-order valence-electron chi connectivity index (χ0n) is 14.2. The van der Waals surface area contributed by atoms with Crippen LogP contribution >= 0.6 is 34.9 Å². The number of hydrogen-bond acceptors (Lipinski definition) is 8. The highest BCUT2D eigenvalue weighted by Crippen LogP contribution is 2.41. The largest absolute Gasteiger partial charge is 0.477 e. The maximum atomic E-state index is 12.4. The van der Waals surface area contributed by atoms with Gasteiger partial charge in [-0.3, -0.25) is 14.5 Å². The Bertz CT molecular complexity index is 779. The van der Waals surface area contributed by atoms with Crippen LogP contribution in [-0.2, 0) is 14.4 Å². The number of hydrogen-bond donors (Lipinski definition) is 2. The summed E-state index contributed by atoms with van der Waals surface area (Å²) < 4.78 is 0.770. The lowest BCUT2D eigenvalue weighted by Gasteiger charge is -2.49. The van der Waals surface area contributed by atoms with Gasteiger partial charge < -0.3 is 10.4 Å². The molecule has 2 atom stereocenters. The highest BCUT2D eigenvalue weighted by atomic mass is 32.2. The van der Waals surface area contributed by atoms with Crippen LogP contribution in [0.1, 0.15) is 24.8 Å². The van der Waals surface area contributed by atoms with Crippen molar-refractivity contribution in [3.63, 3.8) is 0 Å². The number of amides is 2. The molecule has 0 aliphatic carbocycles. The van der Waals surface area contributed by atoms with Crippen molar-refractivity contribution < 1.29 is 19.5 Å². The maximum Gasteiger partial charge on any atom is 0.352 e. The third-order valence-corrected chi connectivity index (χ3v) is 7.32. The van der Waals surface area contributed by atoms with Crippen LogP contribution in [0.3, 0.4) is 0 Å². The second-order valence-electron chi connectivity index (χ2n) is 5.84. The monoisotopic (exact) mass is 414 g/mol. The number of carboxylic acid groups (broad SMARTS) is 1. The highest BCUT2D eigenvalue weighted by molar-refractivity contribution is 8.01. The third-order valence-electron chi connectivity index (χ3n) is 3.92. The lowest BCUT2D eigenvalue weighted by Crippen LogP contribution is -2.70. The summed E-state index contributed by atoms with van der Waals surface area (Å²) in [4.78, 5) is 37.3. The van der Waals surface area contributed by atoms with E-state index in [1.807, 2.05) is 13.8 Å². The van der Waals surface area contributed by atoms with E-state index >= 15 is 0 Å². The van der Waals surface area contributed by atoms with Crippen LogP contribution in [0.4, 0.5) is 0 Å². The summed E-state index contributed by atoms with van der Waals surface area (Å²) in [5.74, 6) is -0.725. The minimum atomic E-state index is -1.12. The SMILES string of the molecule is CCCC(=O)NC1C(=O)N2C(C(=O)O)=C(CSc3nnc(C)s3)CSC12. The van der Waals surface area contributed by atoms with Crippen molar-refractivity contribution in [2.45, 2.75) is 42.4 Å². The van der Waals surface area contributed by atoms with Crippen LogP contribution in [-0.4, -0.2) is 60.9 Å². The van der Waals surface area contributed by atoms with Gasteiger partial charge in [0.05, 0.1) is 0 Å². The molecule has 1 fully saturated rings. The zero-order chi connectivity index (χ0) is 18.8. The van der Waals surface area contributed by atoms with Crippen LogP contribution in [0.25, 0.3) is 0 Å². The topological polar surface area (TPSA) is 112 Å². The molecule has 1 aromatic rings. The number of fused-ring (bicyclic) bond motifs is 1. The first-order valence-corrected chi connectivity index (χ1v) is 10.9. The quantitative estimate of drug-likeness (QED) is 0.510. The second kappa shape index (κ2) is 7.97. The number of carbonyl (C=O) groups is 3. The fourth-order valence-electron chi connectivity index (χ4n) is 2.75. The Morgan fingerprint density at radius 3 is 2.81 bits per heavy atom. The maximum absolute atomic E-state index is 12.4. The zero-order valence-corrected chi connectivity index (χ0v) is 16.7. The fraction of sp³-hybridized carbons (Fsp3) is 0.533. The van der Waals surface area contributed by atoms with Gasteiger partial charge in [0, 0.05) is 17.9 Å². The molecule has 0 aromatic carbocycles. The second-order valence-corrected chi connectivity index (χ2v) is 9.35.